The van der Waals surface area contributed by atoms with Gasteiger partial charge in [0.2, 0.25) is 12.1 Å². The third-order valence-electron chi connectivity index (χ3n) is 7.27. The molecule has 3 aliphatic rings. The average molecular weight is 550 g/mol. The van der Waals surface area contributed by atoms with Crippen molar-refractivity contribution in [1.29, 1.82) is 0 Å². The molecule has 1 aromatic carbocycles. The second kappa shape index (κ2) is 10.7. The van der Waals surface area contributed by atoms with E-state index >= 15 is 0 Å². The largest absolute Gasteiger partial charge is 0.524 e. The molecule has 0 unspecified atom stereocenters. The van der Waals surface area contributed by atoms with E-state index in [0.717, 1.165) is 0 Å². The minimum Gasteiger partial charge on any atom is -0.404 e. The maximum atomic E-state index is 11.7. The van der Waals surface area contributed by atoms with Crippen molar-refractivity contribution in [2.24, 2.45) is 0 Å². The summed E-state index contributed by atoms with van der Waals surface area (Å²) in [6.07, 6.45) is -6.39. The van der Waals surface area contributed by atoms with Gasteiger partial charge >= 0.3 is 7.82 Å². The number of rotatable bonds is 8. The van der Waals surface area contributed by atoms with E-state index in [1.807, 2.05) is 0 Å². The number of benzene rings is 1. The van der Waals surface area contributed by atoms with Crippen LogP contribution in [0.1, 0.15) is 18.9 Å². The molecule has 37 heavy (non-hydrogen) atoms. The number of aliphatic hydroxyl groups is 4. The standard InChI is InChI=1S/C22H36N3O11P/c1-11-8-21(28,10-25-9-12-6-4-5-7-13(12)36-37(30,31)32)22(29)20(33-11)34-19-17(27)14(23-2)16(26)15(24-3)18(19)35-22/h4-7,11,14-20,23-29H,8-10H2,1-3H3,(H2,30,31,32)/t11-,14-,15+,16+,17+,18-,19-,20+,21-,22-/m1/s1. The van der Waals surface area contributed by atoms with E-state index in [4.69, 9.17) is 18.7 Å². The van der Waals surface area contributed by atoms with E-state index in [9.17, 15) is 34.8 Å². The molecule has 0 bridgehead atoms. The fourth-order valence-corrected chi connectivity index (χ4v) is 5.93. The number of ether oxygens (including phenoxy) is 3. The summed E-state index contributed by atoms with van der Waals surface area (Å²) in [4.78, 5) is 18.3. The number of phosphoric ester groups is 1. The molecule has 10 atom stereocenters. The maximum absolute atomic E-state index is 11.7. The van der Waals surface area contributed by atoms with Crippen LogP contribution in [-0.4, -0.2) is 111 Å². The lowest BCUT2D eigenvalue weighted by atomic mass is 9.77. The Morgan fingerprint density at radius 3 is 2.38 bits per heavy atom. The second-order valence-electron chi connectivity index (χ2n) is 9.80. The van der Waals surface area contributed by atoms with Crippen LogP contribution in [0.2, 0.25) is 0 Å². The zero-order chi connectivity index (χ0) is 27.2. The SMILES string of the molecule is CN[C@@H]1[C@H](O)[C@H](NC)[C@H]2O[C@]3(O)[C@H](O[C@@H]2[C@H]1O)O[C@H](C)C[C@@]3(O)CNCc1ccccc1OP(=O)(O)O. The monoisotopic (exact) mass is 549 g/mol. The average Bonchev–Trinajstić information content (AvgIpc) is 2.80. The van der Waals surface area contributed by atoms with Crippen LogP contribution in [0.3, 0.4) is 0 Å². The molecule has 2 aliphatic heterocycles. The van der Waals surface area contributed by atoms with Crippen LogP contribution in [0.15, 0.2) is 24.3 Å². The molecule has 4 rings (SSSR count). The Balaban J connectivity index is 1.55. The Morgan fingerprint density at radius 1 is 1.05 bits per heavy atom. The van der Waals surface area contributed by atoms with Gasteiger partial charge in [0.05, 0.1) is 24.3 Å². The molecule has 0 radical (unpaired) electrons. The van der Waals surface area contributed by atoms with Crippen LogP contribution < -0.4 is 20.5 Å². The molecule has 0 amide bonds. The molecular formula is C22H36N3O11P. The topological polar surface area (TPSA) is 211 Å². The number of nitrogens with one attached hydrogen (secondary N) is 3. The van der Waals surface area contributed by atoms with Gasteiger partial charge in [-0.2, -0.15) is 0 Å². The van der Waals surface area contributed by atoms with Crippen LogP contribution in [0.4, 0.5) is 0 Å². The Kier molecular flexibility index (Phi) is 8.35. The smallest absolute Gasteiger partial charge is 0.404 e. The summed E-state index contributed by atoms with van der Waals surface area (Å²) in [5.41, 5.74) is -1.54. The molecule has 210 valence electrons. The van der Waals surface area contributed by atoms with Gasteiger partial charge in [-0.05, 0) is 27.1 Å². The van der Waals surface area contributed by atoms with Crippen molar-refractivity contribution in [3.63, 3.8) is 0 Å². The van der Waals surface area contributed by atoms with E-state index in [2.05, 4.69) is 16.0 Å². The highest BCUT2D eigenvalue weighted by Gasteiger charge is 2.68. The first kappa shape index (κ1) is 28.8. The van der Waals surface area contributed by atoms with E-state index in [1.54, 1.807) is 39.2 Å². The van der Waals surface area contributed by atoms with Crippen molar-refractivity contribution >= 4 is 7.82 Å². The zero-order valence-corrected chi connectivity index (χ0v) is 21.6. The summed E-state index contributed by atoms with van der Waals surface area (Å²) in [6.45, 7) is 1.49. The summed E-state index contributed by atoms with van der Waals surface area (Å²) in [6, 6.07) is 4.71. The zero-order valence-electron chi connectivity index (χ0n) is 20.7. The first-order chi connectivity index (χ1) is 17.3. The number of hydrogen-bond acceptors (Lipinski definition) is 12. The summed E-state index contributed by atoms with van der Waals surface area (Å²) in [5.74, 6) is -2.41. The summed E-state index contributed by atoms with van der Waals surface area (Å²) in [7, 11) is -1.60. The van der Waals surface area contributed by atoms with Gasteiger partial charge in [-0.3, -0.25) is 9.79 Å². The third-order valence-corrected chi connectivity index (χ3v) is 7.71. The minimum absolute atomic E-state index is 0.0296. The molecule has 1 aliphatic carbocycles. The maximum Gasteiger partial charge on any atom is 0.524 e. The van der Waals surface area contributed by atoms with Crippen molar-refractivity contribution in [1.82, 2.24) is 16.0 Å². The minimum atomic E-state index is -4.79. The molecular weight excluding hydrogens is 513 g/mol. The van der Waals surface area contributed by atoms with Gasteiger partial charge in [0.15, 0.2) is 0 Å². The fourth-order valence-electron chi connectivity index (χ4n) is 5.50. The van der Waals surface area contributed by atoms with Crippen LogP contribution in [0.5, 0.6) is 5.75 Å². The molecule has 9 N–H and O–H groups in total. The van der Waals surface area contributed by atoms with E-state index in [0.29, 0.717) is 5.56 Å². The highest BCUT2D eigenvalue weighted by molar-refractivity contribution is 7.46. The molecule has 2 saturated heterocycles. The molecule has 0 aromatic heterocycles. The van der Waals surface area contributed by atoms with Gasteiger partial charge in [-0.25, -0.2) is 4.57 Å². The predicted octanol–water partition coefficient (Wildman–Crippen LogP) is -2.50. The lowest BCUT2D eigenvalue weighted by molar-refractivity contribution is -0.482. The van der Waals surface area contributed by atoms with Gasteiger partial charge in [-0.1, -0.05) is 18.2 Å². The van der Waals surface area contributed by atoms with Crippen molar-refractivity contribution < 1.29 is 53.5 Å². The fraction of sp³-hybridized carbons (Fsp3) is 0.727. The lowest BCUT2D eigenvalue weighted by Crippen LogP contribution is -2.81. The van der Waals surface area contributed by atoms with Gasteiger partial charge in [0.25, 0.3) is 0 Å². The Morgan fingerprint density at radius 2 is 1.73 bits per heavy atom. The Labute approximate surface area is 214 Å². The van der Waals surface area contributed by atoms with Crippen molar-refractivity contribution in [2.45, 2.75) is 80.2 Å². The van der Waals surface area contributed by atoms with Crippen molar-refractivity contribution in [3.8, 4) is 5.75 Å². The van der Waals surface area contributed by atoms with Crippen molar-refractivity contribution in [2.75, 3.05) is 20.6 Å². The number of phosphoric acid groups is 1. The molecule has 1 saturated carbocycles. The predicted molar refractivity (Wildman–Crippen MR) is 127 cm³/mol. The van der Waals surface area contributed by atoms with Crippen LogP contribution in [0, 0.1) is 0 Å². The number of fused-ring (bicyclic) bond motifs is 2. The lowest BCUT2D eigenvalue weighted by Gasteiger charge is -2.60. The van der Waals surface area contributed by atoms with Crippen LogP contribution in [-0.2, 0) is 25.3 Å². The van der Waals surface area contributed by atoms with Crippen LogP contribution >= 0.6 is 7.82 Å². The van der Waals surface area contributed by atoms with Gasteiger partial charge in [-0.15, -0.1) is 0 Å². The normalized spacial score (nSPS) is 42.1. The van der Waals surface area contributed by atoms with Crippen molar-refractivity contribution in [3.05, 3.63) is 29.8 Å². The van der Waals surface area contributed by atoms with Gasteiger partial charge in [0, 0.05) is 25.1 Å². The first-order valence-electron chi connectivity index (χ1n) is 12.0. The molecule has 2 heterocycles. The Hall–Kier alpha value is -1.23. The Bertz CT molecular complexity index is 1000. The quantitative estimate of drug-likeness (QED) is 0.154. The summed E-state index contributed by atoms with van der Waals surface area (Å²) in [5, 5.41) is 53.8. The van der Waals surface area contributed by atoms with E-state index in [-0.39, 0.29) is 25.3 Å². The summed E-state index contributed by atoms with van der Waals surface area (Å²) < 4.78 is 33.9. The number of likely N-dealkylation sites (N-methyl/N-ethyl adjacent to an activating group) is 2. The summed E-state index contributed by atoms with van der Waals surface area (Å²) >= 11 is 0. The molecule has 15 heteroatoms. The first-order valence-corrected chi connectivity index (χ1v) is 13.5. The van der Waals surface area contributed by atoms with E-state index < -0.39 is 68.1 Å². The van der Waals surface area contributed by atoms with E-state index in [1.165, 1.54) is 6.07 Å². The number of para-hydroxylation sites is 1. The number of aliphatic hydroxyl groups excluding tert-OH is 2. The highest BCUT2D eigenvalue weighted by atomic mass is 31.2. The third kappa shape index (κ3) is 5.45. The molecule has 14 nitrogen and oxygen atoms in total. The molecule has 0 spiro atoms. The number of hydrogen-bond donors (Lipinski definition) is 9. The second-order valence-corrected chi connectivity index (χ2v) is 11.0. The molecule has 3 fully saturated rings. The van der Waals surface area contributed by atoms with Gasteiger partial charge in [0.1, 0.15) is 29.7 Å². The van der Waals surface area contributed by atoms with Crippen LogP contribution in [0.25, 0.3) is 0 Å². The van der Waals surface area contributed by atoms with Gasteiger partial charge < -0.3 is 55.1 Å². The highest BCUT2D eigenvalue weighted by Crippen LogP contribution is 2.46. The molecule has 1 aromatic rings.